The Morgan fingerprint density at radius 3 is 2.24 bits per heavy atom. The van der Waals surface area contributed by atoms with Crippen LogP contribution in [0.15, 0.2) is 71.5 Å². The van der Waals surface area contributed by atoms with E-state index in [1.165, 1.54) is 24.3 Å². The normalized spacial score (nSPS) is 15.4. The molecular formula is C38H39F5N4O2. The number of hydrogen-bond acceptors (Lipinski definition) is 4. The molecular weight excluding hydrogens is 639 g/mol. The van der Waals surface area contributed by atoms with E-state index in [1.807, 2.05) is 33.7 Å². The highest BCUT2D eigenvalue weighted by Crippen LogP contribution is 2.31. The third-order valence-corrected chi connectivity index (χ3v) is 9.88. The van der Waals surface area contributed by atoms with E-state index in [4.69, 9.17) is 0 Å². The van der Waals surface area contributed by atoms with Gasteiger partial charge in [-0.1, -0.05) is 55.5 Å². The SMILES string of the molecule is CCN1CCC(N(Cc2ccc(-c3ccc(C(F)(F)F)cc3)cc2)C(=O)Cn2c(CCc3cccc(F)c3F)nc(=O)c3c2CCC3)CC1. The first-order valence-corrected chi connectivity index (χ1v) is 16.8. The second-order valence-corrected chi connectivity index (χ2v) is 12.9. The minimum absolute atomic E-state index is 0.0184. The molecule has 2 aliphatic rings. The van der Waals surface area contributed by atoms with Crippen molar-refractivity contribution in [2.24, 2.45) is 0 Å². The monoisotopic (exact) mass is 678 g/mol. The lowest BCUT2D eigenvalue weighted by atomic mass is 10.00. The molecule has 1 aliphatic heterocycles. The number of rotatable bonds is 10. The van der Waals surface area contributed by atoms with E-state index < -0.39 is 23.4 Å². The lowest BCUT2D eigenvalue weighted by Gasteiger charge is -2.38. The zero-order chi connectivity index (χ0) is 34.7. The van der Waals surface area contributed by atoms with Crippen LogP contribution >= 0.6 is 0 Å². The molecule has 1 fully saturated rings. The number of likely N-dealkylation sites (tertiary alicyclic amines) is 1. The Balaban J connectivity index is 1.26. The number of fused-ring (bicyclic) bond motifs is 1. The fourth-order valence-electron chi connectivity index (χ4n) is 7.07. The average molecular weight is 679 g/mol. The molecule has 0 atom stereocenters. The van der Waals surface area contributed by atoms with E-state index in [9.17, 15) is 31.5 Å². The molecule has 1 amide bonds. The van der Waals surface area contributed by atoms with Crippen molar-refractivity contribution in [3.8, 4) is 11.1 Å². The Kier molecular flexibility index (Phi) is 10.3. The molecule has 4 aromatic rings. The summed E-state index contributed by atoms with van der Waals surface area (Å²) < 4.78 is 69.4. The predicted molar refractivity (Wildman–Crippen MR) is 177 cm³/mol. The van der Waals surface area contributed by atoms with Gasteiger partial charge in [0.1, 0.15) is 12.4 Å². The number of alkyl halides is 3. The van der Waals surface area contributed by atoms with E-state index in [-0.39, 0.29) is 42.5 Å². The van der Waals surface area contributed by atoms with Gasteiger partial charge in [0.25, 0.3) is 5.56 Å². The van der Waals surface area contributed by atoms with E-state index in [2.05, 4.69) is 16.8 Å². The summed E-state index contributed by atoms with van der Waals surface area (Å²) in [5.41, 5.74) is 2.83. The number of aryl methyl sites for hydroxylation is 2. The van der Waals surface area contributed by atoms with Crippen LogP contribution in [0.25, 0.3) is 11.1 Å². The molecule has 6 nitrogen and oxygen atoms in total. The molecule has 0 bridgehead atoms. The van der Waals surface area contributed by atoms with E-state index in [0.717, 1.165) is 73.9 Å². The Labute approximate surface area is 282 Å². The second-order valence-electron chi connectivity index (χ2n) is 12.9. The minimum atomic E-state index is -4.41. The van der Waals surface area contributed by atoms with Gasteiger partial charge in [-0.15, -0.1) is 0 Å². The van der Waals surface area contributed by atoms with Gasteiger partial charge in [0.15, 0.2) is 11.6 Å². The van der Waals surface area contributed by atoms with Gasteiger partial charge in [-0.05, 0) is 85.5 Å². The van der Waals surface area contributed by atoms with Crippen molar-refractivity contribution in [1.82, 2.24) is 19.4 Å². The average Bonchev–Trinajstić information content (AvgIpc) is 3.60. The first-order chi connectivity index (χ1) is 23.5. The molecule has 6 rings (SSSR count). The van der Waals surface area contributed by atoms with Crippen molar-refractivity contribution in [3.05, 3.63) is 122 Å². The zero-order valence-corrected chi connectivity index (χ0v) is 27.4. The van der Waals surface area contributed by atoms with Crippen molar-refractivity contribution < 1.29 is 26.7 Å². The number of carbonyl (C=O) groups is 1. The third-order valence-electron chi connectivity index (χ3n) is 9.88. The van der Waals surface area contributed by atoms with Crippen LogP contribution in [0.1, 0.15) is 60.0 Å². The molecule has 11 heteroatoms. The number of amides is 1. The lowest BCUT2D eigenvalue weighted by Crippen LogP contribution is -2.48. The van der Waals surface area contributed by atoms with Crippen LogP contribution in [0.3, 0.4) is 0 Å². The first-order valence-electron chi connectivity index (χ1n) is 16.8. The highest BCUT2D eigenvalue weighted by Gasteiger charge is 2.31. The van der Waals surface area contributed by atoms with Crippen molar-refractivity contribution in [3.63, 3.8) is 0 Å². The molecule has 0 spiro atoms. The van der Waals surface area contributed by atoms with Gasteiger partial charge in [-0.25, -0.2) is 8.78 Å². The smallest absolute Gasteiger partial charge is 0.334 e. The van der Waals surface area contributed by atoms with Crippen molar-refractivity contribution >= 4 is 5.91 Å². The molecule has 0 radical (unpaired) electrons. The standard InChI is InChI=1S/C38H39F5N4O2/c1-2-45-21-19-30(20-22-45)46(23-25-9-11-26(12-10-25)27-13-16-29(17-14-27)38(41,42)43)35(48)24-47-33-8-4-6-31(33)37(49)44-34(47)18-15-28-5-3-7-32(39)36(28)40/h3,5,7,9-14,16-17,30H,2,4,6,8,15,18-24H2,1H3. The fraction of sp³-hybridized carbons (Fsp3) is 0.395. The largest absolute Gasteiger partial charge is 0.416 e. The number of aromatic nitrogens is 2. The summed E-state index contributed by atoms with van der Waals surface area (Å²) in [4.78, 5) is 35.9. The maximum Gasteiger partial charge on any atom is 0.416 e. The van der Waals surface area contributed by atoms with Gasteiger partial charge < -0.3 is 14.4 Å². The molecule has 1 saturated heterocycles. The minimum Gasteiger partial charge on any atom is -0.334 e. The lowest BCUT2D eigenvalue weighted by molar-refractivity contribution is -0.137. The van der Waals surface area contributed by atoms with Crippen LogP contribution in [0.4, 0.5) is 22.0 Å². The number of carbonyl (C=O) groups excluding carboxylic acids is 1. The molecule has 0 N–H and O–H groups in total. The van der Waals surface area contributed by atoms with E-state index in [0.29, 0.717) is 36.3 Å². The molecule has 2 heterocycles. The summed E-state index contributed by atoms with van der Waals surface area (Å²) >= 11 is 0. The van der Waals surface area contributed by atoms with Crippen LogP contribution in [0.5, 0.6) is 0 Å². The van der Waals surface area contributed by atoms with Crippen molar-refractivity contribution in [2.45, 2.75) is 77.2 Å². The van der Waals surface area contributed by atoms with E-state index in [1.54, 1.807) is 0 Å². The van der Waals surface area contributed by atoms with Gasteiger partial charge in [0.2, 0.25) is 5.91 Å². The van der Waals surface area contributed by atoms with Gasteiger partial charge in [0, 0.05) is 43.4 Å². The molecule has 258 valence electrons. The van der Waals surface area contributed by atoms with Gasteiger partial charge in [-0.3, -0.25) is 9.59 Å². The quantitative estimate of drug-likeness (QED) is 0.170. The molecule has 3 aromatic carbocycles. The zero-order valence-electron chi connectivity index (χ0n) is 27.4. The Morgan fingerprint density at radius 2 is 1.59 bits per heavy atom. The van der Waals surface area contributed by atoms with Gasteiger partial charge in [0.05, 0.1) is 5.56 Å². The Hall–Kier alpha value is -4.38. The summed E-state index contributed by atoms with van der Waals surface area (Å²) in [5.74, 6) is -1.62. The molecule has 0 saturated carbocycles. The molecule has 49 heavy (non-hydrogen) atoms. The van der Waals surface area contributed by atoms with E-state index >= 15 is 0 Å². The third kappa shape index (κ3) is 7.77. The Bertz CT molecular complexity index is 1850. The molecule has 1 aromatic heterocycles. The number of nitrogens with zero attached hydrogens (tertiary/aromatic N) is 4. The number of halogens is 5. The fourth-order valence-corrected chi connectivity index (χ4v) is 7.07. The highest BCUT2D eigenvalue weighted by atomic mass is 19.4. The summed E-state index contributed by atoms with van der Waals surface area (Å²) in [6.07, 6.45) is -0.542. The number of benzene rings is 3. The van der Waals surface area contributed by atoms with Crippen LogP contribution < -0.4 is 5.56 Å². The Morgan fingerprint density at radius 1 is 0.918 bits per heavy atom. The number of piperidine rings is 1. The van der Waals surface area contributed by atoms with Crippen LogP contribution in [0, 0.1) is 11.6 Å². The van der Waals surface area contributed by atoms with Crippen molar-refractivity contribution in [2.75, 3.05) is 19.6 Å². The van der Waals surface area contributed by atoms with Crippen LogP contribution in [0.2, 0.25) is 0 Å². The summed E-state index contributed by atoms with van der Waals surface area (Å²) in [5, 5.41) is 0. The second kappa shape index (κ2) is 14.6. The topological polar surface area (TPSA) is 58.4 Å². The number of hydrogen-bond donors (Lipinski definition) is 0. The van der Waals surface area contributed by atoms with Crippen LogP contribution in [-0.2, 0) is 49.7 Å². The predicted octanol–water partition coefficient (Wildman–Crippen LogP) is 6.99. The molecule has 1 aliphatic carbocycles. The van der Waals surface area contributed by atoms with Gasteiger partial charge in [-0.2, -0.15) is 18.2 Å². The highest BCUT2D eigenvalue weighted by molar-refractivity contribution is 5.77. The van der Waals surface area contributed by atoms with Gasteiger partial charge >= 0.3 is 6.18 Å². The summed E-state index contributed by atoms with van der Waals surface area (Å²) in [7, 11) is 0. The summed E-state index contributed by atoms with van der Waals surface area (Å²) in [6, 6.07) is 16.5. The maximum absolute atomic E-state index is 14.5. The van der Waals surface area contributed by atoms with Crippen molar-refractivity contribution in [1.29, 1.82) is 0 Å². The molecule has 0 unspecified atom stereocenters. The van der Waals surface area contributed by atoms with Crippen LogP contribution in [-0.4, -0.2) is 50.9 Å². The first kappa shape index (κ1) is 34.5. The summed E-state index contributed by atoms with van der Waals surface area (Å²) in [6.45, 7) is 5.06. The maximum atomic E-state index is 14.5.